The van der Waals surface area contributed by atoms with E-state index in [2.05, 4.69) is 5.32 Å². The fourth-order valence-electron chi connectivity index (χ4n) is 1.22. The van der Waals surface area contributed by atoms with Crippen molar-refractivity contribution in [3.05, 3.63) is 0 Å². The molecule has 4 N–H and O–H groups in total. The molecule has 1 rings (SSSR count). The average molecular weight is 248 g/mol. The van der Waals surface area contributed by atoms with Gasteiger partial charge in [0, 0.05) is 10.5 Å². The van der Waals surface area contributed by atoms with E-state index in [1.165, 1.54) is 11.8 Å². The number of carboxylic acids is 1. The molecular weight excluding hydrogens is 232 g/mol. The van der Waals surface area contributed by atoms with E-state index in [0.29, 0.717) is 12.3 Å². The van der Waals surface area contributed by atoms with Crippen molar-refractivity contribution in [3.63, 3.8) is 0 Å². The maximum atomic E-state index is 10.8. The van der Waals surface area contributed by atoms with Crippen LogP contribution in [0.25, 0.3) is 0 Å². The second-order valence-corrected chi connectivity index (χ2v) is 5.81. The predicted molar refractivity (Wildman–Crippen MR) is 60.4 cm³/mol. The van der Waals surface area contributed by atoms with Crippen molar-refractivity contribution in [2.24, 2.45) is 5.73 Å². The third kappa shape index (κ3) is 3.28. The summed E-state index contributed by atoms with van der Waals surface area (Å²) >= 11 is 1.39. The highest BCUT2D eigenvalue weighted by atomic mass is 32.2. The van der Waals surface area contributed by atoms with Gasteiger partial charge in [-0.2, -0.15) is 0 Å². The molecule has 0 aromatic heterocycles. The van der Waals surface area contributed by atoms with Crippen LogP contribution in [-0.2, 0) is 9.53 Å². The van der Waals surface area contributed by atoms with Crippen LogP contribution in [0.3, 0.4) is 0 Å². The van der Waals surface area contributed by atoms with E-state index in [1.54, 1.807) is 13.8 Å². The van der Waals surface area contributed by atoms with E-state index in [4.69, 9.17) is 15.6 Å². The van der Waals surface area contributed by atoms with Gasteiger partial charge < -0.3 is 20.9 Å². The molecule has 0 radical (unpaired) electrons. The summed E-state index contributed by atoms with van der Waals surface area (Å²) in [5.41, 5.74) is 5.56. The molecule has 1 fully saturated rings. The highest BCUT2D eigenvalue weighted by Crippen LogP contribution is 2.28. The number of thioether (sulfide) groups is 1. The molecule has 0 aliphatic carbocycles. The Balaban J connectivity index is 2.41. The molecule has 0 saturated carbocycles. The highest BCUT2D eigenvalue weighted by molar-refractivity contribution is 8.00. The van der Waals surface area contributed by atoms with Gasteiger partial charge in [0.05, 0.1) is 6.54 Å². The first-order valence-electron chi connectivity index (χ1n) is 4.90. The van der Waals surface area contributed by atoms with Crippen LogP contribution in [0.2, 0.25) is 0 Å². The minimum Gasteiger partial charge on any atom is -0.480 e. The van der Waals surface area contributed by atoms with Crippen LogP contribution in [0.1, 0.15) is 13.8 Å². The number of hydrogen-bond acceptors (Lipinski definition) is 5. The molecule has 1 aliphatic rings. The van der Waals surface area contributed by atoms with Crippen molar-refractivity contribution >= 4 is 23.8 Å². The molecule has 1 saturated heterocycles. The molecule has 0 aromatic carbocycles. The van der Waals surface area contributed by atoms with E-state index >= 15 is 0 Å². The summed E-state index contributed by atoms with van der Waals surface area (Å²) in [5.74, 6) is -0.494. The number of cyclic esters (lactones) is 1. The second-order valence-electron chi connectivity index (χ2n) is 4.14. The van der Waals surface area contributed by atoms with E-state index in [9.17, 15) is 9.59 Å². The third-order valence-electron chi connectivity index (χ3n) is 2.40. The zero-order valence-corrected chi connectivity index (χ0v) is 10.0. The quantitative estimate of drug-likeness (QED) is 0.634. The number of ether oxygens (including phenoxy) is 1. The van der Waals surface area contributed by atoms with Gasteiger partial charge in [-0.15, -0.1) is 11.8 Å². The molecule has 2 atom stereocenters. The molecular formula is C9H16N2O4S. The SMILES string of the molecule is CC(C)(SCC1CNC(=O)O1)[C@@H](N)C(=O)O. The maximum absolute atomic E-state index is 10.8. The van der Waals surface area contributed by atoms with E-state index in [-0.39, 0.29) is 6.10 Å². The van der Waals surface area contributed by atoms with E-state index in [1.807, 2.05) is 0 Å². The summed E-state index contributed by atoms with van der Waals surface area (Å²) in [5, 5.41) is 11.4. The van der Waals surface area contributed by atoms with Crippen LogP contribution in [-0.4, -0.2) is 46.4 Å². The second kappa shape index (κ2) is 4.92. The zero-order chi connectivity index (χ0) is 12.3. The van der Waals surface area contributed by atoms with Gasteiger partial charge in [0.15, 0.2) is 0 Å². The summed E-state index contributed by atoms with van der Waals surface area (Å²) in [6.07, 6.45) is -0.635. The first-order valence-corrected chi connectivity index (χ1v) is 5.88. The molecule has 0 aromatic rings. The lowest BCUT2D eigenvalue weighted by molar-refractivity contribution is -0.139. The van der Waals surface area contributed by atoms with E-state index in [0.717, 1.165) is 0 Å². The van der Waals surface area contributed by atoms with Gasteiger partial charge in [0.2, 0.25) is 0 Å². The van der Waals surface area contributed by atoms with Crippen molar-refractivity contribution in [2.45, 2.75) is 30.7 Å². The van der Waals surface area contributed by atoms with Gasteiger partial charge in [-0.3, -0.25) is 4.79 Å². The standard InChI is InChI=1S/C9H16N2O4S/c1-9(2,6(10)7(12)13)16-4-5-3-11-8(14)15-5/h5-6H,3-4,10H2,1-2H3,(H,11,14)(H,12,13)/t5?,6-/m0/s1. The van der Waals surface area contributed by atoms with Crippen LogP contribution < -0.4 is 11.1 Å². The summed E-state index contributed by atoms with van der Waals surface area (Å²) in [7, 11) is 0. The minimum absolute atomic E-state index is 0.210. The Kier molecular flexibility index (Phi) is 4.03. The van der Waals surface area contributed by atoms with Crippen molar-refractivity contribution in [1.82, 2.24) is 5.32 Å². The van der Waals surface area contributed by atoms with Crippen LogP contribution in [0, 0.1) is 0 Å². The number of carbonyl (C=O) groups is 2. The van der Waals surface area contributed by atoms with Crippen LogP contribution >= 0.6 is 11.8 Å². The number of carboxylic acid groups (broad SMARTS) is 1. The lowest BCUT2D eigenvalue weighted by atomic mass is 10.1. The molecule has 0 bridgehead atoms. The van der Waals surface area contributed by atoms with Gasteiger partial charge in [-0.1, -0.05) is 0 Å². The molecule has 16 heavy (non-hydrogen) atoms. The Labute approximate surface area is 97.9 Å². The highest BCUT2D eigenvalue weighted by Gasteiger charge is 2.34. The Morgan fingerprint density at radius 3 is 2.88 bits per heavy atom. The first-order chi connectivity index (χ1) is 7.33. The maximum Gasteiger partial charge on any atom is 0.407 e. The Morgan fingerprint density at radius 1 is 1.81 bits per heavy atom. The summed E-state index contributed by atoms with van der Waals surface area (Å²) in [4.78, 5) is 21.5. The average Bonchev–Trinajstić information content (AvgIpc) is 2.60. The Morgan fingerprint density at radius 2 is 2.44 bits per heavy atom. The normalized spacial score (nSPS) is 22.4. The van der Waals surface area contributed by atoms with E-state index < -0.39 is 22.9 Å². The molecule has 1 heterocycles. The van der Waals surface area contributed by atoms with Crippen molar-refractivity contribution in [2.75, 3.05) is 12.3 Å². The third-order valence-corrected chi connectivity index (χ3v) is 3.94. The largest absolute Gasteiger partial charge is 0.480 e. The van der Waals surface area contributed by atoms with Gasteiger partial charge in [-0.25, -0.2) is 4.79 Å². The Bertz CT molecular complexity index is 295. The number of nitrogens with two attached hydrogens (primary N) is 1. The minimum atomic E-state index is -1.03. The lowest BCUT2D eigenvalue weighted by Gasteiger charge is -2.28. The van der Waals surface area contributed by atoms with Gasteiger partial charge in [-0.05, 0) is 13.8 Å². The Hall–Kier alpha value is -0.950. The number of nitrogens with one attached hydrogen (secondary N) is 1. The molecule has 1 amide bonds. The summed E-state index contributed by atoms with van der Waals surface area (Å²) in [6.45, 7) is 3.99. The fourth-order valence-corrected chi connectivity index (χ4v) is 2.30. The van der Waals surface area contributed by atoms with Gasteiger partial charge in [0.25, 0.3) is 0 Å². The molecule has 1 unspecified atom stereocenters. The van der Waals surface area contributed by atoms with Gasteiger partial charge >= 0.3 is 12.1 Å². The topological polar surface area (TPSA) is 102 Å². The van der Waals surface area contributed by atoms with Crippen LogP contribution in [0.5, 0.6) is 0 Å². The smallest absolute Gasteiger partial charge is 0.407 e. The number of carbonyl (C=O) groups excluding carboxylic acids is 1. The number of amides is 1. The number of alkyl carbamates (subject to hydrolysis) is 1. The summed E-state index contributed by atoms with van der Waals surface area (Å²) in [6, 6.07) is -0.942. The molecule has 7 heteroatoms. The number of rotatable bonds is 5. The van der Waals surface area contributed by atoms with Crippen LogP contribution in [0.4, 0.5) is 4.79 Å². The zero-order valence-electron chi connectivity index (χ0n) is 9.23. The molecule has 0 spiro atoms. The molecule has 6 nitrogen and oxygen atoms in total. The number of aliphatic carboxylic acids is 1. The predicted octanol–water partition coefficient (Wildman–Crippen LogP) is 0.0185. The first kappa shape index (κ1) is 13.1. The monoisotopic (exact) mass is 248 g/mol. The lowest BCUT2D eigenvalue weighted by Crippen LogP contribution is -2.47. The van der Waals surface area contributed by atoms with Crippen molar-refractivity contribution in [3.8, 4) is 0 Å². The van der Waals surface area contributed by atoms with Gasteiger partial charge in [0.1, 0.15) is 12.1 Å². The van der Waals surface area contributed by atoms with Crippen molar-refractivity contribution < 1.29 is 19.4 Å². The fraction of sp³-hybridized carbons (Fsp3) is 0.778. The van der Waals surface area contributed by atoms with Crippen LogP contribution in [0.15, 0.2) is 0 Å². The van der Waals surface area contributed by atoms with Crippen molar-refractivity contribution in [1.29, 1.82) is 0 Å². The summed E-state index contributed by atoms with van der Waals surface area (Å²) < 4.78 is 4.34. The molecule has 1 aliphatic heterocycles. The number of hydrogen-bond donors (Lipinski definition) is 3. The molecule has 92 valence electrons.